The lowest BCUT2D eigenvalue weighted by Gasteiger charge is -2.24. The van der Waals surface area contributed by atoms with Gasteiger partial charge in [-0.1, -0.05) is 37.3 Å². The van der Waals surface area contributed by atoms with E-state index in [2.05, 4.69) is 10.6 Å². The van der Waals surface area contributed by atoms with Crippen molar-refractivity contribution < 1.29 is 14.7 Å². The molecule has 5 heteroatoms. The van der Waals surface area contributed by atoms with Crippen LogP contribution < -0.4 is 10.6 Å². The molecule has 1 unspecified atom stereocenters. The highest BCUT2D eigenvalue weighted by Crippen LogP contribution is 2.27. The van der Waals surface area contributed by atoms with Gasteiger partial charge in [0, 0.05) is 13.0 Å². The van der Waals surface area contributed by atoms with Crippen LogP contribution in [0.3, 0.4) is 0 Å². The number of aliphatic carboxylic acids is 1. The fourth-order valence-electron chi connectivity index (χ4n) is 2.11. The molecule has 0 heterocycles. The summed E-state index contributed by atoms with van der Waals surface area (Å²) in [5, 5.41) is 15.4. The van der Waals surface area contributed by atoms with Gasteiger partial charge >= 0.3 is 5.97 Å². The zero-order valence-electron chi connectivity index (χ0n) is 12.7. The molecule has 5 nitrogen and oxygen atoms in total. The Hall–Kier alpha value is -1.88. The van der Waals surface area contributed by atoms with Gasteiger partial charge in [0.1, 0.15) is 0 Å². The largest absolute Gasteiger partial charge is 0.481 e. The first-order valence-corrected chi connectivity index (χ1v) is 7.27. The lowest BCUT2D eigenvalue weighted by Crippen LogP contribution is -2.39. The molecule has 3 N–H and O–H groups in total. The minimum absolute atomic E-state index is 0.0620. The average molecular weight is 292 g/mol. The summed E-state index contributed by atoms with van der Waals surface area (Å²) in [6.45, 7) is 5.90. The first kappa shape index (κ1) is 17.2. The van der Waals surface area contributed by atoms with Crippen LogP contribution in [0.1, 0.15) is 32.3 Å². The van der Waals surface area contributed by atoms with Gasteiger partial charge in [-0.25, -0.2) is 0 Å². The summed E-state index contributed by atoms with van der Waals surface area (Å²) in [6, 6.07) is 8.88. The van der Waals surface area contributed by atoms with Crippen molar-refractivity contribution in [2.45, 2.75) is 32.1 Å². The van der Waals surface area contributed by atoms with Crippen molar-refractivity contribution in [2.24, 2.45) is 0 Å². The van der Waals surface area contributed by atoms with E-state index in [0.717, 1.165) is 19.5 Å². The quantitative estimate of drug-likeness (QED) is 0.603. The normalized spacial score (nSPS) is 13.4. The number of benzene rings is 1. The number of carbonyl (C=O) groups excluding carboxylic acids is 1. The van der Waals surface area contributed by atoms with Crippen LogP contribution in [-0.4, -0.2) is 36.6 Å². The molecule has 0 saturated heterocycles. The zero-order chi connectivity index (χ0) is 15.7. The molecule has 0 aliphatic rings. The van der Waals surface area contributed by atoms with E-state index in [1.807, 2.05) is 13.0 Å². The summed E-state index contributed by atoms with van der Waals surface area (Å²) in [7, 11) is 0. The molecule has 21 heavy (non-hydrogen) atoms. The zero-order valence-corrected chi connectivity index (χ0v) is 12.7. The first-order valence-electron chi connectivity index (χ1n) is 7.27. The van der Waals surface area contributed by atoms with Gasteiger partial charge in [-0.15, -0.1) is 0 Å². The van der Waals surface area contributed by atoms with E-state index in [1.165, 1.54) is 0 Å². The predicted octanol–water partition coefficient (Wildman–Crippen LogP) is 1.53. The number of carboxylic acids is 1. The van der Waals surface area contributed by atoms with Crippen LogP contribution in [-0.2, 0) is 15.0 Å². The number of carboxylic acid groups (broad SMARTS) is 1. The molecule has 0 fully saturated rings. The van der Waals surface area contributed by atoms with Crippen molar-refractivity contribution in [1.29, 1.82) is 0 Å². The molecular formula is C16H24N2O3. The van der Waals surface area contributed by atoms with Crippen LogP contribution in [0.15, 0.2) is 30.3 Å². The third-order valence-corrected chi connectivity index (χ3v) is 3.50. The molecule has 0 aliphatic carbocycles. The lowest BCUT2D eigenvalue weighted by atomic mass is 9.79. The highest BCUT2D eigenvalue weighted by molar-refractivity contribution is 5.89. The number of amides is 1. The second kappa shape index (κ2) is 8.42. The van der Waals surface area contributed by atoms with E-state index >= 15 is 0 Å². The van der Waals surface area contributed by atoms with E-state index in [-0.39, 0.29) is 12.3 Å². The first-order chi connectivity index (χ1) is 10.0. The summed E-state index contributed by atoms with van der Waals surface area (Å²) >= 11 is 0. The van der Waals surface area contributed by atoms with Gasteiger partial charge in [0.25, 0.3) is 0 Å². The van der Waals surface area contributed by atoms with Gasteiger partial charge < -0.3 is 15.7 Å². The Morgan fingerprint density at radius 2 is 1.86 bits per heavy atom. The SMILES string of the molecule is CCNCCCNC(=O)CC(C)(C(=O)O)c1ccccc1. The molecule has 1 rings (SSSR count). The van der Waals surface area contributed by atoms with Crippen LogP contribution in [0.5, 0.6) is 0 Å². The Morgan fingerprint density at radius 1 is 1.19 bits per heavy atom. The molecule has 1 aromatic carbocycles. The number of hydrogen-bond donors (Lipinski definition) is 3. The molecule has 0 spiro atoms. The smallest absolute Gasteiger partial charge is 0.314 e. The minimum atomic E-state index is -1.20. The van der Waals surface area contributed by atoms with Gasteiger partial charge in [0.05, 0.1) is 5.41 Å². The Morgan fingerprint density at radius 3 is 2.43 bits per heavy atom. The fourth-order valence-corrected chi connectivity index (χ4v) is 2.11. The summed E-state index contributed by atoms with van der Waals surface area (Å²) in [5.41, 5.74) is -0.562. The van der Waals surface area contributed by atoms with E-state index in [1.54, 1.807) is 31.2 Å². The number of carbonyl (C=O) groups is 2. The van der Waals surface area contributed by atoms with Gasteiger partial charge in [0.15, 0.2) is 0 Å². The van der Waals surface area contributed by atoms with Gasteiger partial charge in [-0.05, 0) is 32.0 Å². The van der Waals surface area contributed by atoms with Crippen LogP contribution in [0.25, 0.3) is 0 Å². The molecule has 0 bridgehead atoms. The molecule has 0 aromatic heterocycles. The van der Waals surface area contributed by atoms with Gasteiger partial charge in [-0.2, -0.15) is 0 Å². The second-order valence-electron chi connectivity index (χ2n) is 5.24. The second-order valence-corrected chi connectivity index (χ2v) is 5.24. The van der Waals surface area contributed by atoms with Crippen LogP contribution in [0, 0.1) is 0 Å². The highest BCUT2D eigenvalue weighted by atomic mass is 16.4. The average Bonchev–Trinajstić information content (AvgIpc) is 2.47. The predicted molar refractivity (Wildman–Crippen MR) is 82.2 cm³/mol. The van der Waals surface area contributed by atoms with Crippen molar-refractivity contribution in [3.63, 3.8) is 0 Å². The summed E-state index contributed by atoms with van der Waals surface area (Å²) in [5.74, 6) is -1.23. The summed E-state index contributed by atoms with van der Waals surface area (Å²) < 4.78 is 0. The van der Waals surface area contributed by atoms with Crippen molar-refractivity contribution in [1.82, 2.24) is 10.6 Å². The highest BCUT2D eigenvalue weighted by Gasteiger charge is 2.37. The lowest BCUT2D eigenvalue weighted by molar-refractivity contribution is -0.145. The van der Waals surface area contributed by atoms with Crippen LogP contribution in [0.2, 0.25) is 0 Å². The molecule has 0 saturated carbocycles. The van der Waals surface area contributed by atoms with Gasteiger partial charge in [0.2, 0.25) is 5.91 Å². The molecule has 1 atom stereocenters. The van der Waals surface area contributed by atoms with E-state index in [9.17, 15) is 14.7 Å². The topological polar surface area (TPSA) is 78.4 Å². The summed E-state index contributed by atoms with van der Waals surface area (Å²) in [6.07, 6.45) is 0.766. The monoisotopic (exact) mass is 292 g/mol. The molecule has 1 amide bonds. The van der Waals surface area contributed by atoms with Gasteiger partial charge in [-0.3, -0.25) is 9.59 Å². The molecule has 0 aliphatic heterocycles. The van der Waals surface area contributed by atoms with E-state index in [4.69, 9.17) is 0 Å². The van der Waals surface area contributed by atoms with E-state index in [0.29, 0.717) is 12.1 Å². The fraction of sp³-hybridized carbons (Fsp3) is 0.500. The number of hydrogen-bond acceptors (Lipinski definition) is 3. The summed E-state index contributed by atoms with van der Waals surface area (Å²) in [4.78, 5) is 23.6. The Kier molecular flexibility index (Phi) is 6.88. The number of nitrogens with one attached hydrogen (secondary N) is 2. The Labute approximate surface area is 125 Å². The third-order valence-electron chi connectivity index (χ3n) is 3.50. The van der Waals surface area contributed by atoms with Crippen LogP contribution in [0.4, 0.5) is 0 Å². The van der Waals surface area contributed by atoms with Crippen molar-refractivity contribution in [3.8, 4) is 0 Å². The van der Waals surface area contributed by atoms with Crippen molar-refractivity contribution >= 4 is 11.9 Å². The maximum absolute atomic E-state index is 12.0. The molecular weight excluding hydrogens is 268 g/mol. The maximum Gasteiger partial charge on any atom is 0.314 e. The number of rotatable bonds is 9. The standard InChI is InChI=1S/C16H24N2O3/c1-3-17-10-7-11-18-14(19)12-16(2,15(20)21)13-8-5-4-6-9-13/h4-6,8-9,17H,3,7,10-12H2,1-2H3,(H,18,19)(H,20,21). The van der Waals surface area contributed by atoms with Crippen molar-refractivity contribution in [3.05, 3.63) is 35.9 Å². The Bertz CT molecular complexity index is 462. The molecule has 1 aromatic rings. The Balaban J connectivity index is 2.59. The molecule has 116 valence electrons. The minimum Gasteiger partial charge on any atom is -0.481 e. The molecule has 0 radical (unpaired) electrons. The van der Waals surface area contributed by atoms with Crippen molar-refractivity contribution in [2.75, 3.05) is 19.6 Å². The van der Waals surface area contributed by atoms with E-state index < -0.39 is 11.4 Å². The third kappa shape index (κ3) is 5.19. The maximum atomic E-state index is 12.0. The van der Waals surface area contributed by atoms with Crippen LogP contribution >= 0.6 is 0 Å².